The van der Waals surface area contributed by atoms with Gasteiger partial charge in [-0.2, -0.15) is 0 Å². The summed E-state index contributed by atoms with van der Waals surface area (Å²) in [4.78, 5) is 2.22. The van der Waals surface area contributed by atoms with E-state index in [1.54, 1.807) is 13.0 Å². The average Bonchev–Trinajstić information content (AvgIpc) is 2.34. The quantitative estimate of drug-likeness (QED) is 0.892. The molecule has 1 heterocycles. The van der Waals surface area contributed by atoms with E-state index in [1.807, 2.05) is 13.0 Å². The van der Waals surface area contributed by atoms with Gasteiger partial charge in [-0.1, -0.05) is 18.6 Å². The van der Waals surface area contributed by atoms with Gasteiger partial charge in [-0.05, 0) is 51.4 Å². The molecule has 100 valence electrons. The number of aliphatic hydroxyl groups is 1. The van der Waals surface area contributed by atoms with Gasteiger partial charge >= 0.3 is 0 Å². The number of rotatable bonds is 3. The minimum atomic E-state index is -0.557. The summed E-state index contributed by atoms with van der Waals surface area (Å²) < 4.78 is 14.1. The third-order valence-corrected chi connectivity index (χ3v) is 3.81. The molecule has 1 aromatic rings. The topological polar surface area (TPSA) is 23.5 Å². The lowest BCUT2D eigenvalue weighted by molar-refractivity contribution is 0.0460. The van der Waals surface area contributed by atoms with E-state index >= 15 is 0 Å². The molecule has 18 heavy (non-hydrogen) atoms. The molecule has 1 aromatic carbocycles. The van der Waals surface area contributed by atoms with Crippen LogP contribution in [0.25, 0.3) is 0 Å². The van der Waals surface area contributed by atoms with Crippen LogP contribution in [0, 0.1) is 12.7 Å². The van der Waals surface area contributed by atoms with E-state index in [2.05, 4.69) is 4.90 Å². The fraction of sp³-hybridized carbons (Fsp3) is 0.600. The van der Waals surface area contributed by atoms with Gasteiger partial charge in [0.2, 0.25) is 0 Å². The summed E-state index contributed by atoms with van der Waals surface area (Å²) in [6.07, 6.45) is 2.95. The first-order valence-electron chi connectivity index (χ1n) is 6.78. The monoisotopic (exact) mass is 251 g/mol. The van der Waals surface area contributed by atoms with Crippen molar-refractivity contribution in [2.75, 3.05) is 13.1 Å². The molecule has 2 unspecified atom stereocenters. The van der Waals surface area contributed by atoms with Gasteiger partial charge in [0.15, 0.2) is 0 Å². The molecule has 2 nitrogen and oxygen atoms in total. The van der Waals surface area contributed by atoms with E-state index in [4.69, 9.17) is 0 Å². The molecule has 0 spiro atoms. The summed E-state index contributed by atoms with van der Waals surface area (Å²) in [5.41, 5.74) is 1.58. The van der Waals surface area contributed by atoms with Crippen LogP contribution in [0.2, 0.25) is 0 Å². The number of halogens is 1. The van der Waals surface area contributed by atoms with Gasteiger partial charge in [0, 0.05) is 5.56 Å². The maximum atomic E-state index is 14.1. The van der Waals surface area contributed by atoms with Crippen molar-refractivity contribution in [2.24, 2.45) is 0 Å². The van der Waals surface area contributed by atoms with Gasteiger partial charge in [0.05, 0.1) is 12.1 Å². The number of hydrogen-bond donors (Lipinski definition) is 1. The smallest absolute Gasteiger partial charge is 0.128 e. The Morgan fingerprint density at radius 3 is 2.44 bits per heavy atom. The highest BCUT2D eigenvalue weighted by atomic mass is 19.1. The zero-order chi connectivity index (χ0) is 13.1. The van der Waals surface area contributed by atoms with Gasteiger partial charge in [-0.25, -0.2) is 4.39 Å². The molecule has 1 fully saturated rings. The summed E-state index contributed by atoms with van der Waals surface area (Å²) in [7, 11) is 0. The summed E-state index contributed by atoms with van der Waals surface area (Å²) in [5, 5.41) is 10.1. The average molecular weight is 251 g/mol. The van der Waals surface area contributed by atoms with Crippen LogP contribution in [0.15, 0.2) is 18.2 Å². The predicted molar refractivity (Wildman–Crippen MR) is 71.0 cm³/mol. The first-order valence-corrected chi connectivity index (χ1v) is 6.78. The molecular weight excluding hydrogens is 229 g/mol. The van der Waals surface area contributed by atoms with Crippen LogP contribution in [-0.2, 0) is 0 Å². The normalized spacial score (nSPS) is 20.7. The Hall–Kier alpha value is -0.930. The Morgan fingerprint density at radius 2 is 1.89 bits per heavy atom. The summed E-state index contributed by atoms with van der Waals surface area (Å²) >= 11 is 0. The molecule has 1 saturated heterocycles. The van der Waals surface area contributed by atoms with Crippen LogP contribution >= 0.6 is 0 Å². The van der Waals surface area contributed by atoms with Crippen LogP contribution in [0.4, 0.5) is 4.39 Å². The first kappa shape index (κ1) is 13.5. The van der Waals surface area contributed by atoms with Crippen LogP contribution in [0.5, 0.6) is 0 Å². The van der Waals surface area contributed by atoms with Gasteiger partial charge in [-0.15, -0.1) is 0 Å². The van der Waals surface area contributed by atoms with Crippen molar-refractivity contribution in [3.8, 4) is 0 Å². The zero-order valence-corrected chi connectivity index (χ0v) is 11.2. The minimum absolute atomic E-state index is 0.202. The molecule has 3 heteroatoms. The Balaban J connectivity index is 2.34. The summed E-state index contributed by atoms with van der Waals surface area (Å²) in [6, 6.07) is 4.91. The van der Waals surface area contributed by atoms with Crippen LogP contribution in [0.1, 0.15) is 43.4 Å². The molecular formula is C15H22FNO. The summed E-state index contributed by atoms with van der Waals surface area (Å²) in [5.74, 6) is -0.202. The van der Waals surface area contributed by atoms with Crippen molar-refractivity contribution in [2.45, 2.75) is 45.3 Å². The number of aliphatic hydroxyl groups excluding tert-OH is 1. The van der Waals surface area contributed by atoms with Crippen molar-refractivity contribution in [1.29, 1.82) is 0 Å². The maximum Gasteiger partial charge on any atom is 0.128 e. The number of likely N-dealkylation sites (tertiary alicyclic amines) is 1. The van der Waals surface area contributed by atoms with E-state index < -0.39 is 6.10 Å². The fourth-order valence-electron chi connectivity index (χ4n) is 2.94. The number of nitrogens with zero attached hydrogens (tertiary/aromatic N) is 1. The number of benzene rings is 1. The highest BCUT2D eigenvalue weighted by Crippen LogP contribution is 2.31. The van der Waals surface area contributed by atoms with Crippen molar-refractivity contribution < 1.29 is 9.50 Å². The number of piperidine rings is 1. The van der Waals surface area contributed by atoms with Crippen LogP contribution in [-0.4, -0.2) is 29.2 Å². The minimum Gasteiger partial charge on any atom is -0.391 e. The van der Waals surface area contributed by atoms with E-state index in [0.29, 0.717) is 5.56 Å². The predicted octanol–water partition coefficient (Wildman–Crippen LogP) is 3.04. The zero-order valence-electron chi connectivity index (χ0n) is 11.2. The lowest BCUT2D eigenvalue weighted by atomic mass is 9.94. The second-order valence-corrected chi connectivity index (χ2v) is 5.25. The third-order valence-electron chi connectivity index (χ3n) is 3.81. The van der Waals surface area contributed by atoms with Crippen molar-refractivity contribution >= 4 is 0 Å². The van der Waals surface area contributed by atoms with E-state index in [0.717, 1.165) is 31.5 Å². The lowest BCUT2D eigenvalue weighted by Crippen LogP contribution is -2.39. The highest BCUT2D eigenvalue weighted by molar-refractivity contribution is 5.31. The standard InChI is InChI=1S/C15H22FNO/c1-11-7-6-8-13(16)14(11)15(12(2)18)17-9-4-3-5-10-17/h6-8,12,15,18H,3-5,9-10H2,1-2H3. The Morgan fingerprint density at radius 1 is 1.22 bits per heavy atom. The van der Waals surface area contributed by atoms with Crippen LogP contribution in [0.3, 0.4) is 0 Å². The lowest BCUT2D eigenvalue weighted by Gasteiger charge is -2.37. The van der Waals surface area contributed by atoms with Crippen molar-refractivity contribution in [3.05, 3.63) is 35.1 Å². The Kier molecular flexibility index (Phi) is 4.36. The van der Waals surface area contributed by atoms with Crippen molar-refractivity contribution in [1.82, 2.24) is 4.90 Å². The largest absolute Gasteiger partial charge is 0.391 e. The second-order valence-electron chi connectivity index (χ2n) is 5.25. The molecule has 0 aromatic heterocycles. The molecule has 2 atom stereocenters. The number of aryl methyl sites for hydroxylation is 1. The molecule has 0 bridgehead atoms. The van der Waals surface area contributed by atoms with Crippen LogP contribution < -0.4 is 0 Å². The molecule has 1 N–H and O–H groups in total. The SMILES string of the molecule is Cc1cccc(F)c1C(C(C)O)N1CCCCC1. The molecule has 0 amide bonds. The molecule has 1 aliphatic rings. The molecule has 1 aliphatic heterocycles. The maximum absolute atomic E-state index is 14.1. The van der Waals surface area contributed by atoms with E-state index in [9.17, 15) is 9.50 Å². The second kappa shape index (κ2) is 5.81. The van der Waals surface area contributed by atoms with Gasteiger partial charge in [0.25, 0.3) is 0 Å². The van der Waals surface area contributed by atoms with E-state index in [-0.39, 0.29) is 11.9 Å². The van der Waals surface area contributed by atoms with Gasteiger partial charge in [-0.3, -0.25) is 4.90 Å². The first-order chi connectivity index (χ1) is 8.61. The Labute approximate surface area is 108 Å². The molecule has 2 rings (SSSR count). The third kappa shape index (κ3) is 2.73. The number of hydrogen-bond acceptors (Lipinski definition) is 2. The molecule has 0 saturated carbocycles. The molecule has 0 radical (unpaired) electrons. The highest BCUT2D eigenvalue weighted by Gasteiger charge is 2.29. The fourth-order valence-corrected chi connectivity index (χ4v) is 2.94. The Bertz CT molecular complexity index is 379. The van der Waals surface area contributed by atoms with Crippen molar-refractivity contribution in [3.63, 3.8) is 0 Å². The summed E-state index contributed by atoms with van der Waals surface area (Å²) in [6.45, 7) is 5.57. The van der Waals surface area contributed by atoms with Gasteiger partial charge in [0.1, 0.15) is 5.82 Å². The molecule has 0 aliphatic carbocycles. The van der Waals surface area contributed by atoms with E-state index in [1.165, 1.54) is 12.5 Å². The van der Waals surface area contributed by atoms with Gasteiger partial charge < -0.3 is 5.11 Å².